The zero-order chi connectivity index (χ0) is 10.6. The molecule has 0 saturated carbocycles. The van der Waals surface area contributed by atoms with Gasteiger partial charge in [0.15, 0.2) is 0 Å². The second-order valence-electron chi connectivity index (χ2n) is 2.71. The van der Waals surface area contributed by atoms with Gasteiger partial charge in [-0.15, -0.1) is 0 Å². The summed E-state index contributed by atoms with van der Waals surface area (Å²) in [6.07, 6.45) is 0. The Morgan fingerprint density at radius 1 is 1.43 bits per heavy atom. The highest BCUT2D eigenvalue weighted by Gasteiger charge is 2.11. The maximum Gasteiger partial charge on any atom is 0.336 e. The predicted molar refractivity (Wildman–Crippen MR) is 54.1 cm³/mol. The first-order valence-corrected chi connectivity index (χ1v) is 4.31. The molecule has 1 rings (SSSR count). The molecule has 0 aromatic heterocycles. The molecule has 0 aliphatic carbocycles. The highest BCUT2D eigenvalue weighted by atomic mass is 16.5. The summed E-state index contributed by atoms with van der Waals surface area (Å²) in [4.78, 5) is 10.8. The molecule has 0 unspecified atom stereocenters. The lowest BCUT2D eigenvalue weighted by molar-refractivity contribution is 0.0696. The van der Waals surface area contributed by atoms with E-state index in [9.17, 15) is 4.79 Å². The zero-order valence-corrected chi connectivity index (χ0v) is 7.99. The molecule has 74 valence electrons. The van der Waals surface area contributed by atoms with E-state index in [1.54, 1.807) is 18.2 Å². The van der Waals surface area contributed by atoms with E-state index in [1.165, 1.54) is 6.07 Å². The average molecular weight is 192 g/mol. The highest BCUT2D eigenvalue weighted by molar-refractivity contribution is 5.93. The van der Waals surface area contributed by atoms with Gasteiger partial charge in [-0.25, -0.2) is 4.79 Å². The lowest BCUT2D eigenvalue weighted by atomic mass is 10.1. The van der Waals surface area contributed by atoms with Crippen molar-refractivity contribution < 1.29 is 14.6 Å². The van der Waals surface area contributed by atoms with Crippen molar-refractivity contribution in [3.8, 4) is 0 Å². The second-order valence-corrected chi connectivity index (χ2v) is 2.71. The maximum absolute atomic E-state index is 10.8. The molecule has 14 heavy (non-hydrogen) atoms. The lowest BCUT2D eigenvalue weighted by Crippen LogP contribution is -2.02. The van der Waals surface area contributed by atoms with Crippen LogP contribution < -0.4 is 0 Å². The van der Waals surface area contributed by atoms with Crippen LogP contribution in [0.3, 0.4) is 0 Å². The highest BCUT2D eigenvalue weighted by Crippen LogP contribution is 2.18. The van der Waals surface area contributed by atoms with Gasteiger partial charge in [-0.3, -0.25) is 0 Å². The molecule has 0 spiro atoms. The quantitative estimate of drug-likeness (QED) is 0.745. The van der Waals surface area contributed by atoms with E-state index in [2.05, 4.69) is 6.58 Å². The van der Waals surface area contributed by atoms with Gasteiger partial charge in [0, 0.05) is 5.56 Å². The van der Waals surface area contributed by atoms with Gasteiger partial charge in [0.25, 0.3) is 0 Å². The van der Waals surface area contributed by atoms with Crippen molar-refractivity contribution >= 4 is 11.7 Å². The topological polar surface area (TPSA) is 46.5 Å². The van der Waals surface area contributed by atoms with Gasteiger partial charge in [0.1, 0.15) is 5.76 Å². The molecule has 0 saturated heterocycles. The fourth-order valence-corrected chi connectivity index (χ4v) is 1.16. The van der Waals surface area contributed by atoms with Crippen molar-refractivity contribution in [2.24, 2.45) is 0 Å². The van der Waals surface area contributed by atoms with Gasteiger partial charge >= 0.3 is 5.97 Å². The van der Waals surface area contributed by atoms with Crippen LogP contribution in [0, 0.1) is 0 Å². The van der Waals surface area contributed by atoms with E-state index in [4.69, 9.17) is 9.84 Å². The van der Waals surface area contributed by atoms with E-state index in [0.717, 1.165) is 0 Å². The summed E-state index contributed by atoms with van der Waals surface area (Å²) in [5, 5.41) is 8.89. The molecule has 0 fully saturated rings. The van der Waals surface area contributed by atoms with Crippen molar-refractivity contribution in [1.29, 1.82) is 0 Å². The number of carboxylic acid groups (broad SMARTS) is 1. The Hall–Kier alpha value is -1.77. The zero-order valence-electron chi connectivity index (χ0n) is 7.99. The molecule has 0 heterocycles. The Bertz CT molecular complexity index is 355. The van der Waals surface area contributed by atoms with Crippen LogP contribution in [0.1, 0.15) is 22.8 Å². The molecule has 1 aromatic rings. The average Bonchev–Trinajstić information content (AvgIpc) is 2.18. The normalized spacial score (nSPS) is 9.50. The SMILES string of the molecule is C=C(OCC)c1ccccc1C(=O)O. The summed E-state index contributed by atoms with van der Waals surface area (Å²) in [7, 11) is 0. The van der Waals surface area contributed by atoms with Crippen LogP contribution in [0.15, 0.2) is 30.8 Å². The molecular weight excluding hydrogens is 180 g/mol. The third kappa shape index (κ3) is 2.13. The summed E-state index contributed by atoms with van der Waals surface area (Å²) >= 11 is 0. The molecule has 0 aliphatic heterocycles. The maximum atomic E-state index is 10.8. The Morgan fingerprint density at radius 2 is 2.00 bits per heavy atom. The van der Waals surface area contributed by atoms with E-state index in [0.29, 0.717) is 17.9 Å². The van der Waals surface area contributed by atoms with Crippen LogP contribution >= 0.6 is 0 Å². The number of benzene rings is 1. The molecule has 3 heteroatoms. The standard InChI is InChI=1S/C11H12O3/c1-3-14-8(2)9-6-4-5-7-10(9)11(12)13/h4-7H,2-3H2,1H3,(H,12,13). The number of hydrogen-bond donors (Lipinski definition) is 1. The fourth-order valence-electron chi connectivity index (χ4n) is 1.16. The number of ether oxygens (including phenoxy) is 1. The lowest BCUT2D eigenvalue weighted by Gasteiger charge is -2.09. The smallest absolute Gasteiger partial charge is 0.336 e. The molecule has 1 aromatic carbocycles. The Kier molecular flexibility index (Phi) is 3.29. The van der Waals surface area contributed by atoms with Crippen molar-refractivity contribution in [2.75, 3.05) is 6.61 Å². The molecule has 1 N–H and O–H groups in total. The number of hydrogen-bond acceptors (Lipinski definition) is 2. The Labute approximate surface area is 82.6 Å². The Balaban J connectivity index is 3.07. The van der Waals surface area contributed by atoms with E-state index in [-0.39, 0.29) is 5.56 Å². The summed E-state index contributed by atoms with van der Waals surface area (Å²) in [5.74, 6) is -0.577. The molecular formula is C11H12O3. The monoisotopic (exact) mass is 192 g/mol. The first-order valence-electron chi connectivity index (χ1n) is 4.31. The van der Waals surface area contributed by atoms with Crippen LogP contribution in [0.4, 0.5) is 0 Å². The van der Waals surface area contributed by atoms with Crippen LogP contribution in [0.5, 0.6) is 0 Å². The van der Waals surface area contributed by atoms with Gasteiger partial charge in [0.2, 0.25) is 0 Å². The van der Waals surface area contributed by atoms with Gasteiger partial charge in [-0.1, -0.05) is 24.8 Å². The van der Waals surface area contributed by atoms with Crippen LogP contribution in [0.2, 0.25) is 0 Å². The fraction of sp³-hybridized carbons (Fsp3) is 0.182. The predicted octanol–water partition coefficient (Wildman–Crippen LogP) is 2.39. The first-order chi connectivity index (χ1) is 6.66. The van der Waals surface area contributed by atoms with Crippen molar-refractivity contribution in [1.82, 2.24) is 0 Å². The minimum absolute atomic E-state index is 0.214. The number of rotatable bonds is 4. The molecule has 0 amide bonds. The summed E-state index contributed by atoms with van der Waals surface area (Å²) < 4.78 is 5.16. The van der Waals surface area contributed by atoms with Crippen LogP contribution in [0.25, 0.3) is 5.76 Å². The molecule has 3 nitrogen and oxygen atoms in total. The van der Waals surface area contributed by atoms with Crippen molar-refractivity contribution in [3.05, 3.63) is 42.0 Å². The molecule has 0 aliphatic rings. The minimum atomic E-state index is -0.971. The van der Waals surface area contributed by atoms with Crippen molar-refractivity contribution in [2.45, 2.75) is 6.92 Å². The third-order valence-electron chi connectivity index (χ3n) is 1.78. The molecule has 0 bridgehead atoms. The summed E-state index contributed by atoms with van der Waals surface area (Å²) in [5.41, 5.74) is 0.743. The summed E-state index contributed by atoms with van der Waals surface area (Å²) in [6, 6.07) is 6.64. The molecule has 0 radical (unpaired) electrons. The van der Waals surface area contributed by atoms with Crippen LogP contribution in [-0.4, -0.2) is 17.7 Å². The Morgan fingerprint density at radius 3 is 2.50 bits per heavy atom. The van der Waals surface area contributed by atoms with Crippen LogP contribution in [-0.2, 0) is 4.74 Å². The number of carbonyl (C=O) groups is 1. The summed E-state index contributed by atoms with van der Waals surface area (Å²) in [6.45, 7) is 5.98. The molecule has 0 atom stereocenters. The van der Waals surface area contributed by atoms with Gasteiger partial charge in [0.05, 0.1) is 12.2 Å². The number of carboxylic acids is 1. The third-order valence-corrected chi connectivity index (χ3v) is 1.78. The van der Waals surface area contributed by atoms with E-state index in [1.807, 2.05) is 6.92 Å². The largest absolute Gasteiger partial charge is 0.494 e. The first kappa shape index (κ1) is 10.3. The van der Waals surface area contributed by atoms with E-state index < -0.39 is 5.97 Å². The van der Waals surface area contributed by atoms with Gasteiger partial charge in [-0.2, -0.15) is 0 Å². The van der Waals surface area contributed by atoms with E-state index >= 15 is 0 Å². The van der Waals surface area contributed by atoms with Crippen molar-refractivity contribution in [3.63, 3.8) is 0 Å². The van der Waals surface area contributed by atoms with Gasteiger partial charge < -0.3 is 9.84 Å². The number of aromatic carboxylic acids is 1. The second kappa shape index (κ2) is 4.46. The van der Waals surface area contributed by atoms with Gasteiger partial charge in [-0.05, 0) is 13.0 Å². The minimum Gasteiger partial charge on any atom is -0.494 e.